The van der Waals surface area contributed by atoms with Gasteiger partial charge in [0.1, 0.15) is 0 Å². The second kappa shape index (κ2) is 5.50. The van der Waals surface area contributed by atoms with Crippen LogP contribution in [0.1, 0.15) is 25.7 Å². The lowest BCUT2D eigenvalue weighted by atomic mass is 9.88. The third-order valence-corrected chi connectivity index (χ3v) is 2.54. The number of carbonyl (C=O) groups excluding carboxylic acids is 1. The second-order valence-corrected chi connectivity index (χ2v) is 3.60. The maximum Gasteiger partial charge on any atom is 0.306 e. The van der Waals surface area contributed by atoms with E-state index in [1.54, 1.807) is 0 Å². The summed E-state index contributed by atoms with van der Waals surface area (Å²) >= 11 is 0. The van der Waals surface area contributed by atoms with Gasteiger partial charge in [-0.3, -0.25) is 14.4 Å². The standard InChI is InChI=1S/C10H15NO4/c1-2-9(12)11-15-8-5-3-7(4-6-8)10(13)14/h2,7-8H,1,3-6H2,(H,11,12)(H,13,14). The molecule has 0 heterocycles. The van der Waals surface area contributed by atoms with Crippen LogP contribution in [0.3, 0.4) is 0 Å². The van der Waals surface area contributed by atoms with Crippen molar-refractivity contribution in [2.24, 2.45) is 5.92 Å². The van der Waals surface area contributed by atoms with Gasteiger partial charge in [-0.15, -0.1) is 0 Å². The van der Waals surface area contributed by atoms with Crippen molar-refractivity contribution in [1.82, 2.24) is 5.48 Å². The van der Waals surface area contributed by atoms with Crippen molar-refractivity contribution in [1.29, 1.82) is 0 Å². The molecule has 0 bridgehead atoms. The number of carboxylic acids is 1. The molecule has 1 saturated carbocycles. The van der Waals surface area contributed by atoms with Gasteiger partial charge in [0.25, 0.3) is 5.91 Å². The van der Waals surface area contributed by atoms with Crippen LogP contribution in [0, 0.1) is 5.92 Å². The van der Waals surface area contributed by atoms with Crippen LogP contribution in [0.2, 0.25) is 0 Å². The van der Waals surface area contributed by atoms with Crippen LogP contribution < -0.4 is 5.48 Å². The number of hydrogen-bond donors (Lipinski definition) is 2. The Kier molecular flexibility index (Phi) is 4.30. The molecule has 84 valence electrons. The van der Waals surface area contributed by atoms with E-state index in [1.165, 1.54) is 0 Å². The SMILES string of the molecule is C=CC(=O)NOC1CCC(C(=O)O)CC1. The fourth-order valence-corrected chi connectivity index (χ4v) is 1.61. The molecule has 0 aromatic carbocycles. The Balaban J connectivity index is 2.23. The molecule has 1 aliphatic rings. The van der Waals surface area contributed by atoms with Crippen molar-refractivity contribution in [2.45, 2.75) is 31.8 Å². The van der Waals surface area contributed by atoms with Gasteiger partial charge in [0.2, 0.25) is 0 Å². The van der Waals surface area contributed by atoms with Crippen molar-refractivity contribution < 1.29 is 19.5 Å². The zero-order valence-corrected chi connectivity index (χ0v) is 8.44. The Morgan fingerprint density at radius 3 is 2.40 bits per heavy atom. The molecular formula is C10H15NO4. The molecule has 0 unspecified atom stereocenters. The zero-order valence-electron chi connectivity index (χ0n) is 8.44. The van der Waals surface area contributed by atoms with Gasteiger partial charge in [-0.2, -0.15) is 0 Å². The molecule has 1 rings (SSSR count). The van der Waals surface area contributed by atoms with Crippen LogP contribution in [-0.2, 0) is 14.4 Å². The van der Waals surface area contributed by atoms with Crippen molar-refractivity contribution in [3.8, 4) is 0 Å². The normalized spacial score (nSPS) is 25.6. The second-order valence-electron chi connectivity index (χ2n) is 3.60. The summed E-state index contributed by atoms with van der Waals surface area (Å²) in [6.07, 6.45) is 3.57. The van der Waals surface area contributed by atoms with Gasteiger partial charge < -0.3 is 5.11 Å². The topological polar surface area (TPSA) is 75.6 Å². The van der Waals surface area contributed by atoms with E-state index >= 15 is 0 Å². The van der Waals surface area contributed by atoms with E-state index in [4.69, 9.17) is 9.94 Å². The Labute approximate surface area is 88.1 Å². The Bertz CT molecular complexity index is 256. The van der Waals surface area contributed by atoms with Gasteiger partial charge in [0.15, 0.2) is 0 Å². The van der Waals surface area contributed by atoms with E-state index < -0.39 is 5.97 Å². The number of carbonyl (C=O) groups is 2. The zero-order chi connectivity index (χ0) is 11.3. The molecule has 0 aromatic rings. The summed E-state index contributed by atoms with van der Waals surface area (Å²) in [5.74, 6) is -1.39. The number of rotatable bonds is 4. The minimum Gasteiger partial charge on any atom is -0.481 e. The molecule has 0 atom stereocenters. The highest BCUT2D eigenvalue weighted by atomic mass is 16.7. The Morgan fingerprint density at radius 1 is 1.33 bits per heavy atom. The molecule has 0 saturated heterocycles. The van der Waals surface area contributed by atoms with Crippen LogP contribution in [0.4, 0.5) is 0 Å². The fraction of sp³-hybridized carbons (Fsp3) is 0.600. The van der Waals surface area contributed by atoms with Crippen LogP contribution in [0.25, 0.3) is 0 Å². The number of carboxylic acid groups (broad SMARTS) is 1. The maximum absolute atomic E-state index is 10.8. The number of aliphatic carboxylic acids is 1. The average molecular weight is 213 g/mol. The summed E-state index contributed by atoms with van der Waals surface area (Å²) in [6.45, 7) is 3.29. The molecule has 0 radical (unpaired) electrons. The van der Waals surface area contributed by atoms with Gasteiger partial charge >= 0.3 is 5.97 Å². The molecule has 5 heteroatoms. The third-order valence-electron chi connectivity index (χ3n) is 2.54. The lowest BCUT2D eigenvalue weighted by molar-refractivity contribution is -0.146. The first-order valence-electron chi connectivity index (χ1n) is 4.94. The average Bonchev–Trinajstić information content (AvgIpc) is 2.26. The lowest BCUT2D eigenvalue weighted by Crippen LogP contribution is -2.32. The Morgan fingerprint density at radius 2 is 1.93 bits per heavy atom. The minimum atomic E-state index is -0.747. The molecule has 1 amide bonds. The summed E-state index contributed by atoms with van der Waals surface area (Å²) < 4.78 is 0. The quantitative estimate of drug-likeness (QED) is 0.536. The van der Waals surface area contributed by atoms with Crippen LogP contribution in [-0.4, -0.2) is 23.1 Å². The summed E-state index contributed by atoms with van der Waals surface area (Å²) in [7, 11) is 0. The first-order valence-corrected chi connectivity index (χ1v) is 4.94. The minimum absolute atomic E-state index is 0.0792. The highest BCUT2D eigenvalue weighted by molar-refractivity contribution is 5.85. The predicted molar refractivity (Wildman–Crippen MR) is 52.8 cm³/mol. The van der Waals surface area contributed by atoms with E-state index in [9.17, 15) is 9.59 Å². The molecule has 0 aromatic heterocycles. The molecule has 2 N–H and O–H groups in total. The monoisotopic (exact) mass is 213 g/mol. The van der Waals surface area contributed by atoms with Gasteiger partial charge in [-0.1, -0.05) is 6.58 Å². The number of nitrogens with one attached hydrogen (secondary N) is 1. The van der Waals surface area contributed by atoms with Crippen molar-refractivity contribution in [3.05, 3.63) is 12.7 Å². The van der Waals surface area contributed by atoms with Crippen molar-refractivity contribution in [3.63, 3.8) is 0 Å². The van der Waals surface area contributed by atoms with Crippen molar-refractivity contribution >= 4 is 11.9 Å². The summed E-state index contributed by atoms with van der Waals surface area (Å²) in [4.78, 5) is 26.5. The van der Waals surface area contributed by atoms with Crippen molar-refractivity contribution in [2.75, 3.05) is 0 Å². The highest BCUT2D eigenvalue weighted by Gasteiger charge is 2.26. The van der Waals surface area contributed by atoms with E-state index in [0.717, 1.165) is 6.08 Å². The highest BCUT2D eigenvalue weighted by Crippen LogP contribution is 2.25. The maximum atomic E-state index is 10.8. The van der Waals surface area contributed by atoms with Gasteiger partial charge in [0, 0.05) is 0 Å². The van der Waals surface area contributed by atoms with E-state index in [2.05, 4.69) is 12.1 Å². The molecular weight excluding hydrogens is 198 g/mol. The van der Waals surface area contributed by atoms with Crippen LogP contribution >= 0.6 is 0 Å². The van der Waals surface area contributed by atoms with Crippen LogP contribution in [0.15, 0.2) is 12.7 Å². The van der Waals surface area contributed by atoms with E-state index in [1.807, 2.05) is 0 Å². The molecule has 1 fully saturated rings. The summed E-state index contributed by atoms with van der Waals surface area (Å²) in [5.41, 5.74) is 2.24. The Hall–Kier alpha value is -1.36. The lowest BCUT2D eigenvalue weighted by Gasteiger charge is -2.25. The van der Waals surface area contributed by atoms with E-state index in [0.29, 0.717) is 25.7 Å². The third kappa shape index (κ3) is 3.71. The molecule has 0 spiro atoms. The first kappa shape index (κ1) is 11.7. The molecule has 1 aliphatic carbocycles. The first-order chi connectivity index (χ1) is 7.13. The predicted octanol–water partition coefficient (Wildman–Crippen LogP) is 0.864. The number of amides is 1. The fourth-order valence-electron chi connectivity index (χ4n) is 1.61. The summed E-state index contributed by atoms with van der Waals surface area (Å²) in [6, 6.07) is 0. The molecule has 15 heavy (non-hydrogen) atoms. The number of hydroxylamine groups is 1. The summed E-state index contributed by atoms with van der Waals surface area (Å²) in [5, 5.41) is 8.76. The van der Waals surface area contributed by atoms with Crippen LogP contribution in [0.5, 0.6) is 0 Å². The number of hydrogen-bond acceptors (Lipinski definition) is 3. The van der Waals surface area contributed by atoms with Gasteiger partial charge in [-0.05, 0) is 31.8 Å². The largest absolute Gasteiger partial charge is 0.481 e. The molecule has 0 aliphatic heterocycles. The van der Waals surface area contributed by atoms with Gasteiger partial charge in [0.05, 0.1) is 12.0 Å². The van der Waals surface area contributed by atoms with Gasteiger partial charge in [-0.25, -0.2) is 5.48 Å². The smallest absolute Gasteiger partial charge is 0.306 e. The molecule has 5 nitrogen and oxygen atoms in total. The van der Waals surface area contributed by atoms with E-state index in [-0.39, 0.29) is 17.9 Å².